The first kappa shape index (κ1) is 14.4. The molecule has 19 heavy (non-hydrogen) atoms. The zero-order valence-electron chi connectivity index (χ0n) is 12.0. The number of ether oxygens (including phenoxy) is 1. The molecule has 0 aromatic heterocycles. The fourth-order valence-electron chi connectivity index (χ4n) is 2.49. The molecule has 0 atom stereocenters. The fourth-order valence-corrected chi connectivity index (χ4v) is 2.49. The maximum Gasteiger partial charge on any atom is 0.119 e. The topological polar surface area (TPSA) is 24.5 Å². The quantitative estimate of drug-likeness (QED) is 0.817. The summed E-state index contributed by atoms with van der Waals surface area (Å²) in [7, 11) is 0. The second-order valence-electron chi connectivity index (χ2n) is 5.18. The van der Waals surface area contributed by atoms with Gasteiger partial charge in [0.1, 0.15) is 12.4 Å². The highest BCUT2D eigenvalue weighted by atomic mass is 16.5. The minimum atomic E-state index is 0.796. The number of hydrogen-bond donors (Lipinski definition) is 1. The summed E-state index contributed by atoms with van der Waals surface area (Å²) in [6.45, 7) is 8.37. The van der Waals surface area contributed by atoms with E-state index in [-0.39, 0.29) is 0 Å². The van der Waals surface area contributed by atoms with Crippen molar-refractivity contribution < 1.29 is 4.74 Å². The molecule has 0 spiro atoms. The third kappa shape index (κ3) is 5.21. The van der Waals surface area contributed by atoms with Gasteiger partial charge in [-0.1, -0.05) is 25.5 Å². The molecule has 0 bridgehead atoms. The van der Waals surface area contributed by atoms with Gasteiger partial charge in [0.25, 0.3) is 0 Å². The van der Waals surface area contributed by atoms with Gasteiger partial charge < -0.3 is 10.1 Å². The van der Waals surface area contributed by atoms with E-state index in [0.29, 0.717) is 0 Å². The molecule has 3 nitrogen and oxygen atoms in total. The Morgan fingerprint density at radius 3 is 2.84 bits per heavy atom. The third-order valence-electron chi connectivity index (χ3n) is 3.60. The van der Waals surface area contributed by atoms with Crippen LogP contribution in [0.3, 0.4) is 0 Å². The van der Waals surface area contributed by atoms with Gasteiger partial charge in [0.2, 0.25) is 0 Å². The maximum absolute atomic E-state index is 5.86. The molecule has 0 aliphatic carbocycles. The van der Waals surface area contributed by atoms with Gasteiger partial charge in [-0.25, -0.2) is 0 Å². The molecule has 3 heteroatoms. The van der Waals surface area contributed by atoms with E-state index in [1.165, 1.54) is 37.9 Å². The van der Waals surface area contributed by atoms with E-state index in [4.69, 9.17) is 4.74 Å². The SMILES string of the molecule is CCNCc1cccc(OCCN2CCCCC2)c1. The molecule has 0 radical (unpaired) electrons. The van der Waals surface area contributed by atoms with Crippen LogP contribution in [-0.2, 0) is 6.54 Å². The van der Waals surface area contributed by atoms with Crippen LogP contribution in [0.25, 0.3) is 0 Å². The highest BCUT2D eigenvalue weighted by Gasteiger charge is 2.09. The largest absolute Gasteiger partial charge is 0.492 e. The zero-order chi connectivity index (χ0) is 13.3. The van der Waals surface area contributed by atoms with Crippen LogP contribution < -0.4 is 10.1 Å². The summed E-state index contributed by atoms with van der Waals surface area (Å²) in [4.78, 5) is 2.51. The van der Waals surface area contributed by atoms with E-state index in [0.717, 1.165) is 32.0 Å². The minimum Gasteiger partial charge on any atom is -0.492 e. The molecular weight excluding hydrogens is 236 g/mol. The lowest BCUT2D eigenvalue weighted by Crippen LogP contribution is -2.33. The molecule has 1 aliphatic heterocycles. The molecular formula is C16H26N2O. The molecule has 0 saturated carbocycles. The molecule has 1 heterocycles. The molecule has 0 unspecified atom stereocenters. The Morgan fingerprint density at radius 2 is 2.05 bits per heavy atom. The van der Waals surface area contributed by atoms with Crippen molar-refractivity contribution in [3.05, 3.63) is 29.8 Å². The lowest BCUT2D eigenvalue weighted by atomic mass is 10.1. The Morgan fingerprint density at radius 1 is 1.21 bits per heavy atom. The summed E-state index contributed by atoms with van der Waals surface area (Å²) >= 11 is 0. The second-order valence-corrected chi connectivity index (χ2v) is 5.18. The lowest BCUT2D eigenvalue weighted by Gasteiger charge is -2.26. The van der Waals surface area contributed by atoms with E-state index in [9.17, 15) is 0 Å². The summed E-state index contributed by atoms with van der Waals surface area (Å²) in [5.74, 6) is 0.993. The van der Waals surface area contributed by atoms with Crippen molar-refractivity contribution in [3.8, 4) is 5.75 Å². The molecule has 1 N–H and O–H groups in total. The van der Waals surface area contributed by atoms with Crippen molar-refractivity contribution in [1.29, 1.82) is 0 Å². The van der Waals surface area contributed by atoms with E-state index >= 15 is 0 Å². The molecule has 106 valence electrons. The van der Waals surface area contributed by atoms with Crippen molar-refractivity contribution in [2.45, 2.75) is 32.7 Å². The summed E-state index contributed by atoms with van der Waals surface area (Å²) in [5.41, 5.74) is 1.29. The van der Waals surface area contributed by atoms with Gasteiger partial charge >= 0.3 is 0 Å². The van der Waals surface area contributed by atoms with Gasteiger partial charge in [0.05, 0.1) is 0 Å². The van der Waals surface area contributed by atoms with E-state index in [2.05, 4.69) is 35.3 Å². The Kier molecular flexibility index (Phi) is 6.18. The number of hydrogen-bond acceptors (Lipinski definition) is 3. The van der Waals surface area contributed by atoms with Crippen LogP contribution in [0.5, 0.6) is 5.75 Å². The number of piperidine rings is 1. The molecule has 0 amide bonds. The fraction of sp³-hybridized carbons (Fsp3) is 0.625. The lowest BCUT2D eigenvalue weighted by molar-refractivity contribution is 0.183. The van der Waals surface area contributed by atoms with Gasteiger partial charge in [-0.2, -0.15) is 0 Å². The monoisotopic (exact) mass is 262 g/mol. The number of rotatable bonds is 7. The van der Waals surface area contributed by atoms with Gasteiger partial charge in [0, 0.05) is 13.1 Å². The Bertz CT molecular complexity index is 362. The highest BCUT2D eigenvalue weighted by molar-refractivity contribution is 5.28. The van der Waals surface area contributed by atoms with Crippen molar-refractivity contribution in [3.63, 3.8) is 0 Å². The first-order valence-electron chi connectivity index (χ1n) is 7.53. The Hall–Kier alpha value is -1.06. The zero-order valence-corrected chi connectivity index (χ0v) is 12.0. The predicted octanol–water partition coefficient (Wildman–Crippen LogP) is 2.66. The van der Waals surface area contributed by atoms with Gasteiger partial charge in [0.15, 0.2) is 0 Å². The normalized spacial score (nSPS) is 16.5. The van der Waals surface area contributed by atoms with E-state index in [1.807, 2.05) is 6.07 Å². The van der Waals surface area contributed by atoms with Crippen LogP contribution in [0.4, 0.5) is 0 Å². The summed E-state index contributed by atoms with van der Waals surface area (Å²) in [5, 5.41) is 3.34. The average Bonchev–Trinajstić information content (AvgIpc) is 2.47. The predicted molar refractivity (Wildman–Crippen MR) is 79.6 cm³/mol. The highest BCUT2D eigenvalue weighted by Crippen LogP contribution is 2.14. The summed E-state index contributed by atoms with van der Waals surface area (Å²) in [6.07, 6.45) is 4.08. The number of benzene rings is 1. The second kappa shape index (κ2) is 8.18. The van der Waals surface area contributed by atoms with Crippen LogP contribution >= 0.6 is 0 Å². The number of nitrogens with one attached hydrogen (secondary N) is 1. The number of likely N-dealkylation sites (tertiary alicyclic amines) is 1. The maximum atomic E-state index is 5.86. The summed E-state index contributed by atoms with van der Waals surface area (Å²) in [6, 6.07) is 8.40. The van der Waals surface area contributed by atoms with Crippen molar-refractivity contribution in [2.24, 2.45) is 0 Å². The smallest absolute Gasteiger partial charge is 0.119 e. The minimum absolute atomic E-state index is 0.796. The first-order chi connectivity index (χ1) is 9.38. The average molecular weight is 262 g/mol. The molecule has 1 fully saturated rings. The third-order valence-corrected chi connectivity index (χ3v) is 3.60. The van der Waals surface area contributed by atoms with Crippen LogP contribution in [0.15, 0.2) is 24.3 Å². The van der Waals surface area contributed by atoms with E-state index in [1.54, 1.807) is 0 Å². The van der Waals surface area contributed by atoms with E-state index < -0.39 is 0 Å². The van der Waals surface area contributed by atoms with Gasteiger partial charge in [-0.15, -0.1) is 0 Å². The molecule has 1 aromatic carbocycles. The van der Waals surface area contributed by atoms with Gasteiger partial charge in [-0.05, 0) is 50.2 Å². The van der Waals surface area contributed by atoms with Gasteiger partial charge in [-0.3, -0.25) is 4.90 Å². The van der Waals surface area contributed by atoms with Crippen LogP contribution in [-0.4, -0.2) is 37.7 Å². The Labute approximate surface area is 116 Å². The van der Waals surface area contributed by atoms with Crippen molar-refractivity contribution in [1.82, 2.24) is 10.2 Å². The molecule has 1 saturated heterocycles. The standard InChI is InChI=1S/C16H26N2O/c1-2-17-14-15-7-6-8-16(13-15)19-12-11-18-9-4-3-5-10-18/h6-8,13,17H,2-5,9-12,14H2,1H3. The van der Waals surface area contributed by atoms with Crippen molar-refractivity contribution >= 4 is 0 Å². The molecule has 1 aliphatic rings. The van der Waals surface area contributed by atoms with Crippen molar-refractivity contribution in [2.75, 3.05) is 32.8 Å². The van der Waals surface area contributed by atoms with Crippen LogP contribution in [0.2, 0.25) is 0 Å². The van der Waals surface area contributed by atoms with Crippen LogP contribution in [0.1, 0.15) is 31.7 Å². The first-order valence-corrected chi connectivity index (χ1v) is 7.53. The number of nitrogens with zero attached hydrogens (tertiary/aromatic N) is 1. The Balaban J connectivity index is 1.72. The molecule has 2 rings (SSSR count). The van der Waals surface area contributed by atoms with Crippen LogP contribution in [0, 0.1) is 0 Å². The summed E-state index contributed by atoms with van der Waals surface area (Å²) < 4.78 is 5.86. The molecule has 1 aromatic rings.